The maximum Gasteiger partial charge on any atom is 0.435 e. The van der Waals surface area contributed by atoms with Gasteiger partial charge in [-0.25, -0.2) is 13.8 Å². The van der Waals surface area contributed by atoms with E-state index in [-0.39, 0.29) is 52.2 Å². The lowest BCUT2D eigenvalue weighted by molar-refractivity contribution is -0.141. The molecule has 2 aliphatic heterocycles. The van der Waals surface area contributed by atoms with Gasteiger partial charge in [0.05, 0.1) is 34.7 Å². The second-order valence-electron chi connectivity index (χ2n) is 10.9. The third kappa shape index (κ3) is 7.11. The van der Waals surface area contributed by atoms with E-state index in [1.165, 1.54) is 25.2 Å². The highest BCUT2D eigenvalue weighted by molar-refractivity contribution is 6.34. The molecule has 0 unspecified atom stereocenters. The number of carbonyl (C=O) groups is 3. The molecule has 11 nitrogen and oxygen atoms in total. The number of carbonyl (C=O) groups excluding carboxylic acids is 3. The summed E-state index contributed by atoms with van der Waals surface area (Å²) >= 11 is 6.43. The van der Waals surface area contributed by atoms with Crippen molar-refractivity contribution >= 4 is 35.0 Å². The Kier molecular flexibility index (Phi) is 9.44. The van der Waals surface area contributed by atoms with Crippen LogP contribution in [0.15, 0.2) is 30.6 Å². The number of imidazole rings is 1. The second-order valence-corrected chi connectivity index (χ2v) is 11.3. The largest absolute Gasteiger partial charge is 0.435 e. The summed E-state index contributed by atoms with van der Waals surface area (Å²) in [5.41, 5.74) is -1.71. The molecule has 0 spiro atoms. The summed E-state index contributed by atoms with van der Waals surface area (Å²) in [5.74, 6) is -1.48. The van der Waals surface area contributed by atoms with Crippen molar-refractivity contribution in [2.24, 2.45) is 13.0 Å². The summed E-state index contributed by atoms with van der Waals surface area (Å²) in [6.45, 7) is 1.68. The van der Waals surface area contributed by atoms with Gasteiger partial charge in [-0.15, -0.1) is 0 Å². The van der Waals surface area contributed by atoms with Crippen molar-refractivity contribution in [1.29, 1.82) is 0 Å². The van der Waals surface area contributed by atoms with Gasteiger partial charge in [0.1, 0.15) is 6.54 Å². The molecule has 3 aromatic rings. The summed E-state index contributed by atoms with van der Waals surface area (Å²) in [7, 11) is 1.30. The fourth-order valence-electron chi connectivity index (χ4n) is 5.52. The van der Waals surface area contributed by atoms with Gasteiger partial charge in [0, 0.05) is 37.9 Å². The Bertz CT molecular complexity index is 1580. The van der Waals surface area contributed by atoms with E-state index in [9.17, 15) is 36.3 Å². The number of hydrogen-bond acceptors (Lipinski definition) is 6. The van der Waals surface area contributed by atoms with Gasteiger partial charge in [-0.1, -0.05) is 11.6 Å². The number of halogens is 6. The molecule has 0 saturated carbocycles. The Morgan fingerprint density at radius 2 is 1.84 bits per heavy atom. The summed E-state index contributed by atoms with van der Waals surface area (Å²) in [5, 5.41) is 9.09. The molecular formula is C28H30ClF5N8O3. The number of piperidine rings is 1. The van der Waals surface area contributed by atoms with Crippen LogP contribution in [0.2, 0.25) is 5.02 Å². The molecule has 0 aliphatic carbocycles. The van der Waals surface area contributed by atoms with Crippen LogP contribution in [0.5, 0.6) is 0 Å². The molecule has 3 amide bonds. The zero-order valence-corrected chi connectivity index (χ0v) is 24.8. The van der Waals surface area contributed by atoms with Crippen LogP contribution in [-0.4, -0.2) is 86.1 Å². The molecule has 45 heavy (non-hydrogen) atoms. The minimum atomic E-state index is -4.94. The average Bonchev–Trinajstić information content (AvgIpc) is 3.60. The van der Waals surface area contributed by atoms with Crippen molar-refractivity contribution in [3.05, 3.63) is 52.7 Å². The predicted molar refractivity (Wildman–Crippen MR) is 153 cm³/mol. The van der Waals surface area contributed by atoms with Crippen LogP contribution in [0.1, 0.15) is 45.9 Å². The Morgan fingerprint density at radius 3 is 2.51 bits per heavy atom. The first-order valence-electron chi connectivity index (χ1n) is 14.2. The van der Waals surface area contributed by atoms with E-state index in [4.69, 9.17) is 11.6 Å². The number of aromatic nitrogens is 4. The van der Waals surface area contributed by atoms with Gasteiger partial charge in [-0.3, -0.25) is 19.1 Å². The first-order valence-corrected chi connectivity index (χ1v) is 14.6. The van der Waals surface area contributed by atoms with Gasteiger partial charge in [0.25, 0.3) is 18.2 Å². The maximum atomic E-state index is 13.6. The zero-order valence-electron chi connectivity index (χ0n) is 24.1. The molecular weight excluding hydrogens is 627 g/mol. The van der Waals surface area contributed by atoms with Crippen molar-refractivity contribution < 1.29 is 36.3 Å². The van der Waals surface area contributed by atoms with Crippen LogP contribution in [0.3, 0.4) is 0 Å². The highest BCUT2D eigenvalue weighted by Gasteiger charge is 2.39. The van der Waals surface area contributed by atoms with Crippen LogP contribution in [0.25, 0.3) is 11.3 Å². The summed E-state index contributed by atoms with van der Waals surface area (Å²) in [4.78, 5) is 46.5. The minimum Gasteiger partial charge on any atom is -0.325 e. The Labute approximate surface area is 259 Å². The van der Waals surface area contributed by atoms with Gasteiger partial charge >= 0.3 is 6.18 Å². The van der Waals surface area contributed by atoms with Crippen LogP contribution < -0.4 is 10.6 Å². The average molecular weight is 657 g/mol. The smallest absolute Gasteiger partial charge is 0.325 e. The highest BCUT2D eigenvalue weighted by Crippen LogP contribution is 2.36. The summed E-state index contributed by atoms with van der Waals surface area (Å²) < 4.78 is 68.0. The molecule has 1 aromatic carbocycles. The topological polar surface area (TPSA) is 117 Å². The van der Waals surface area contributed by atoms with Crippen molar-refractivity contribution in [2.45, 2.75) is 38.4 Å². The molecule has 242 valence electrons. The molecule has 2 saturated heterocycles. The number of alkyl halides is 5. The molecule has 2 aromatic heterocycles. The van der Waals surface area contributed by atoms with Gasteiger partial charge in [0.15, 0.2) is 11.5 Å². The first-order chi connectivity index (χ1) is 21.3. The van der Waals surface area contributed by atoms with E-state index in [0.29, 0.717) is 24.2 Å². The van der Waals surface area contributed by atoms with E-state index in [1.807, 2.05) is 0 Å². The molecule has 5 rings (SSSR count). The number of nitrogens with zero attached hydrogens (tertiary/aromatic N) is 6. The minimum absolute atomic E-state index is 0.0345. The number of rotatable bonds is 7. The van der Waals surface area contributed by atoms with Gasteiger partial charge in [-0.05, 0) is 50.6 Å². The van der Waals surface area contributed by atoms with Crippen molar-refractivity contribution in [1.82, 2.24) is 34.4 Å². The summed E-state index contributed by atoms with van der Waals surface area (Å²) in [6, 6.07) is 4.23. The lowest BCUT2D eigenvalue weighted by atomic mass is 9.96. The normalized spacial score (nSPS) is 16.4. The number of amides is 3. The zero-order chi connectivity index (χ0) is 32.5. The van der Waals surface area contributed by atoms with E-state index in [1.54, 1.807) is 9.80 Å². The van der Waals surface area contributed by atoms with E-state index in [2.05, 4.69) is 20.7 Å². The third-order valence-corrected chi connectivity index (χ3v) is 8.08. The maximum absolute atomic E-state index is 13.6. The lowest BCUT2D eigenvalue weighted by Gasteiger charge is -2.38. The molecule has 0 bridgehead atoms. The lowest BCUT2D eigenvalue weighted by Crippen LogP contribution is -2.52. The van der Waals surface area contributed by atoms with Crippen LogP contribution >= 0.6 is 11.6 Å². The SMILES string of the molecule is Cn1c(-c2cn(CC(F)F)nc2C(F)(F)F)cnc1C(=O)Nc1ccc(C(=O)N2CCCN(C(=O)C3CCNCC3)C2)c(Cl)c1. The monoisotopic (exact) mass is 656 g/mol. The molecule has 17 heteroatoms. The fourth-order valence-corrected chi connectivity index (χ4v) is 5.78. The Balaban J connectivity index is 1.28. The van der Waals surface area contributed by atoms with E-state index in [0.717, 1.165) is 42.9 Å². The van der Waals surface area contributed by atoms with Crippen LogP contribution in [0, 0.1) is 5.92 Å². The molecule has 4 heterocycles. The predicted octanol–water partition coefficient (Wildman–Crippen LogP) is 4.10. The summed E-state index contributed by atoms with van der Waals surface area (Å²) in [6.07, 6.45) is -3.90. The van der Waals surface area contributed by atoms with Gasteiger partial charge in [-0.2, -0.15) is 18.3 Å². The molecule has 2 fully saturated rings. The molecule has 0 atom stereocenters. The van der Waals surface area contributed by atoms with E-state index < -0.39 is 36.3 Å². The van der Waals surface area contributed by atoms with Crippen molar-refractivity contribution in [3.8, 4) is 11.3 Å². The number of hydrogen-bond donors (Lipinski definition) is 2. The van der Waals surface area contributed by atoms with Crippen molar-refractivity contribution in [2.75, 3.05) is 38.2 Å². The van der Waals surface area contributed by atoms with Gasteiger partial charge in [0.2, 0.25) is 5.91 Å². The number of benzene rings is 1. The van der Waals surface area contributed by atoms with Crippen molar-refractivity contribution in [3.63, 3.8) is 0 Å². The standard InChI is InChI=1S/C28H30ClF5N8O3/c1-39-21(19-13-42(14-22(30)31)38-23(19)28(32,33)34)12-36-24(39)25(43)37-17-3-4-18(20(29)11-17)27(45)41-10-2-9-40(15-41)26(44)16-5-7-35-8-6-16/h3-4,11-13,16,22,35H,2,5-10,14-15H2,1H3,(H,37,43). The number of nitrogens with one attached hydrogen (secondary N) is 2. The fraction of sp³-hybridized carbons (Fsp3) is 0.464. The number of anilines is 1. The molecule has 2 aliphatic rings. The van der Waals surface area contributed by atoms with E-state index >= 15 is 0 Å². The second kappa shape index (κ2) is 13.1. The Hall–Kier alpha value is -4.05. The first kappa shape index (κ1) is 32.3. The van der Waals surface area contributed by atoms with Crippen LogP contribution in [-0.2, 0) is 24.6 Å². The Morgan fingerprint density at radius 1 is 1.13 bits per heavy atom. The van der Waals surface area contributed by atoms with Crippen LogP contribution in [0.4, 0.5) is 27.6 Å². The van der Waals surface area contributed by atoms with Gasteiger partial charge < -0.3 is 25.0 Å². The molecule has 0 radical (unpaired) electrons. The quantitative estimate of drug-likeness (QED) is 0.370. The highest BCUT2D eigenvalue weighted by atomic mass is 35.5. The third-order valence-electron chi connectivity index (χ3n) is 7.76. The molecule has 2 N–H and O–H groups in total.